The minimum Gasteiger partial charge on any atom is -0.507 e. The number of hydrogen-bond donors (Lipinski definition) is 2. The first-order valence-corrected chi connectivity index (χ1v) is 13.6. The Kier molecular flexibility index (Phi) is 5.08. The molecule has 43 heavy (non-hydrogen) atoms. The Hall–Kier alpha value is -5.31. The van der Waals surface area contributed by atoms with Crippen molar-refractivity contribution in [2.45, 2.75) is 18.1 Å². The second-order valence-electron chi connectivity index (χ2n) is 10.9. The Morgan fingerprint density at radius 1 is 0.767 bits per heavy atom. The molecule has 9 rings (SSSR count). The molecule has 8 heteroatoms. The van der Waals surface area contributed by atoms with Gasteiger partial charge in [0, 0.05) is 45.3 Å². The van der Waals surface area contributed by atoms with Crippen LogP contribution in [0.1, 0.15) is 45.1 Å². The number of phenols is 1. The van der Waals surface area contributed by atoms with E-state index < -0.39 is 28.4 Å². The molecule has 210 valence electrons. The van der Waals surface area contributed by atoms with Crippen molar-refractivity contribution in [2.24, 2.45) is 0 Å². The van der Waals surface area contributed by atoms with E-state index in [1.54, 1.807) is 24.3 Å². The zero-order valence-corrected chi connectivity index (χ0v) is 22.6. The zero-order chi connectivity index (χ0) is 29.7. The van der Waals surface area contributed by atoms with Gasteiger partial charge in [0.15, 0.2) is 17.0 Å². The van der Waals surface area contributed by atoms with Gasteiger partial charge in [0.1, 0.15) is 17.1 Å². The highest BCUT2D eigenvalue weighted by atomic mass is 19.1. The molecule has 7 nitrogen and oxygen atoms in total. The highest BCUT2D eigenvalue weighted by Gasteiger charge is 2.58. The maximum absolute atomic E-state index is 14.8. The largest absolute Gasteiger partial charge is 0.507 e. The first kappa shape index (κ1) is 25.4. The van der Waals surface area contributed by atoms with Crippen LogP contribution in [0.2, 0.25) is 0 Å². The van der Waals surface area contributed by atoms with Gasteiger partial charge >= 0.3 is 5.97 Å². The molecule has 4 aromatic carbocycles. The van der Waals surface area contributed by atoms with Crippen molar-refractivity contribution in [1.82, 2.24) is 0 Å². The van der Waals surface area contributed by atoms with Gasteiger partial charge in [-0.1, -0.05) is 66.7 Å². The summed E-state index contributed by atoms with van der Waals surface area (Å²) in [5.41, 5.74) is 1.33. The summed E-state index contributed by atoms with van der Waals surface area (Å²) in [4.78, 5) is 37.0. The third kappa shape index (κ3) is 3.24. The van der Waals surface area contributed by atoms with Crippen LogP contribution in [0.15, 0.2) is 106 Å². The van der Waals surface area contributed by atoms with Crippen molar-refractivity contribution in [1.29, 1.82) is 0 Å². The maximum Gasteiger partial charge on any atom is 0.336 e. The van der Waals surface area contributed by atoms with Gasteiger partial charge in [0.2, 0.25) is 5.43 Å². The predicted molar refractivity (Wildman–Crippen MR) is 155 cm³/mol. The van der Waals surface area contributed by atoms with Gasteiger partial charge in [0.25, 0.3) is 0 Å². The molecule has 5 aliphatic rings. The third-order valence-corrected chi connectivity index (χ3v) is 8.67. The van der Waals surface area contributed by atoms with Crippen molar-refractivity contribution in [2.75, 3.05) is 0 Å². The molecule has 2 aliphatic carbocycles. The van der Waals surface area contributed by atoms with Crippen LogP contribution in [-0.2, 0) is 21.0 Å². The van der Waals surface area contributed by atoms with E-state index in [9.17, 15) is 24.2 Å². The molecular weight excluding hydrogens is 551 g/mol. The highest BCUT2D eigenvalue weighted by molar-refractivity contribution is 6.08. The topological polar surface area (TPSA) is 106 Å². The van der Waals surface area contributed by atoms with Gasteiger partial charge in [-0.25, -0.2) is 19.0 Å². The zero-order valence-electron chi connectivity index (χ0n) is 22.6. The smallest absolute Gasteiger partial charge is 0.336 e. The Morgan fingerprint density at radius 2 is 1.40 bits per heavy atom. The lowest BCUT2D eigenvalue weighted by Crippen LogP contribution is -2.51. The van der Waals surface area contributed by atoms with Crippen LogP contribution in [0.25, 0.3) is 33.4 Å². The molecule has 0 atom stereocenters. The van der Waals surface area contributed by atoms with Crippen LogP contribution in [-0.4, -0.2) is 16.2 Å². The number of fused-ring (bicyclic) bond motifs is 3. The molecule has 0 fully saturated rings. The van der Waals surface area contributed by atoms with E-state index >= 15 is 0 Å². The predicted octanol–water partition coefficient (Wildman–Crippen LogP) is 6.94. The van der Waals surface area contributed by atoms with Crippen LogP contribution in [0.3, 0.4) is 0 Å². The molecule has 0 saturated carbocycles. The second kappa shape index (κ2) is 8.61. The molecular formula is C35H21FO7. The Labute approximate surface area is 243 Å². The molecule has 0 unspecified atom stereocenters. The summed E-state index contributed by atoms with van der Waals surface area (Å²) in [7, 11) is 0. The Balaban J connectivity index is 1.54. The van der Waals surface area contributed by atoms with Crippen LogP contribution in [0.4, 0.5) is 4.39 Å². The van der Waals surface area contributed by atoms with E-state index in [0.717, 1.165) is 34.4 Å². The van der Waals surface area contributed by atoms with Crippen LogP contribution < -0.4 is 5.43 Å². The van der Waals surface area contributed by atoms with Crippen molar-refractivity contribution < 1.29 is 33.6 Å². The number of aromatic carboxylic acids is 1. The van der Waals surface area contributed by atoms with E-state index in [4.69, 9.17) is 14.2 Å². The van der Waals surface area contributed by atoms with Crippen molar-refractivity contribution in [3.8, 4) is 28.2 Å². The molecule has 0 aromatic heterocycles. The normalized spacial score (nSPS) is 20.2. The molecule has 2 N–H and O–H groups in total. The average Bonchev–Trinajstić information content (AvgIpc) is 3.01. The van der Waals surface area contributed by atoms with E-state index in [0.29, 0.717) is 16.5 Å². The van der Waals surface area contributed by atoms with Crippen molar-refractivity contribution >= 4 is 16.9 Å². The summed E-state index contributed by atoms with van der Waals surface area (Å²) in [6.07, 6.45) is 0. The molecule has 0 radical (unpaired) electrons. The number of aromatic hydroxyl groups is 1. The third-order valence-electron chi connectivity index (χ3n) is 8.67. The van der Waals surface area contributed by atoms with Gasteiger partial charge in [-0.05, 0) is 41.8 Å². The summed E-state index contributed by atoms with van der Waals surface area (Å²) in [5.74, 6) is -2.33. The molecule has 2 bridgehead atoms. The first-order chi connectivity index (χ1) is 20.7. The fourth-order valence-corrected chi connectivity index (χ4v) is 6.75. The second-order valence-corrected chi connectivity index (χ2v) is 10.9. The number of benzene rings is 5. The molecule has 3 aliphatic heterocycles. The fraction of sp³-hybridized carbons (Fsp3) is 0.0857. The van der Waals surface area contributed by atoms with Crippen LogP contribution >= 0.6 is 0 Å². The number of phenolic OH excluding ortho intramolecular Hbond substituents is 1. The molecule has 0 amide bonds. The minimum atomic E-state index is -1.41. The Bertz CT molecular complexity index is 2150. The average molecular weight is 573 g/mol. The monoisotopic (exact) mass is 572 g/mol. The number of carbonyl (C=O) groups is 1. The summed E-state index contributed by atoms with van der Waals surface area (Å²) in [5, 5.41) is 22.1. The summed E-state index contributed by atoms with van der Waals surface area (Å²) in [6.45, 7) is 1.93. The molecule has 0 saturated heterocycles. The lowest BCUT2D eigenvalue weighted by atomic mass is 9.64. The van der Waals surface area contributed by atoms with Gasteiger partial charge in [-0.15, -0.1) is 0 Å². The first-order valence-electron chi connectivity index (χ1n) is 13.6. The number of carboxylic acid groups (broad SMARTS) is 1. The van der Waals surface area contributed by atoms with E-state index in [-0.39, 0.29) is 33.8 Å². The lowest BCUT2D eigenvalue weighted by molar-refractivity contribution is -0.415. The number of hydrogen-bond acceptors (Lipinski definition) is 6. The van der Waals surface area contributed by atoms with Gasteiger partial charge in [-0.2, -0.15) is 0 Å². The standard InChI is InChI=1S/C35H21FO7/c1-34-22-10-4-6-12-24(22)35(43-42-34,25-13-7-5-11-23(25)34)26-14-20-30(16-28(26)37)41-31-17-29(38)27(36)15-21(31)32(20)18-8-2-3-9-19(18)33(39)40/h2-17,37H,1H3,(H,39,40). The summed E-state index contributed by atoms with van der Waals surface area (Å²) in [6, 6.07) is 26.8. The number of rotatable bonds is 3. The van der Waals surface area contributed by atoms with Gasteiger partial charge in [0.05, 0.1) is 5.56 Å². The van der Waals surface area contributed by atoms with Crippen LogP contribution in [0.5, 0.6) is 5.75 Å². The van der Waals surface area contributed by atoms with E-state index in [2.05, 4.69) is 0 Å². The van der Waals surface area contributed by atoms with E-state index in [1.165, 1.54) is 12.1 Å². The fourth-order valence-electron chi connectivity index (χ4n) is 6.75. The Morgan fingerprint density at radius 3 is 2.07 bits per heavy atom. The number of halogens is 1. The van der Waals surface area contributed by atoms with E-state index in [1.807, 2.05) is 55.5 Å². The number of carboxylic acids is 1. The maximum atomic E-state index is 14.8. The van der Waals surface area contributed by atoms with Gasteiger partial charge in [-0.3, -0.25) is 4.79 Å². The lowest BCUT2D eigenvalue weighted by Gasteiger charge is -2.52. The van der Waals surface area contributed by atoms with Crippen molar-refractivity contribution in [3.05, 3.63) is 146 Å². The molecule has 0 spiro atoms. The van der Waals surface area contributed by atoms with Gasteiger partial charge < -0.3 is 14.6 Å². The van der Waals surface area contributed by atoms with Crippen molar-refractivity contribution in [3.63, 3.8) is 0 Å². The summed E-state index contributed by atoms with van der Waals surface area (Å²) < 4.78 is 20.8. The highest BCUT2D eigenvalue weighted by Crippen LogP contribution is 2.60. The van der Waals surface area contributed by atoms with Crippen LogP contribution in [0, 0.1) is 5.82 Å². The molecule has 3 heterocycles. The summed E-state index contributed by atoms with van der Waals surface area (Å²) >= 11 is 0. The SMILES string of the molecule is CC12OOC(c3cc4c(-c5ccccc5C(=O)O)c5cc(F)c(=O)cc-5oc4cc3O)(c3ccccc31)c1ccccc12. The quantitative estimate of drug-likeness (QED) is 0.175. The molecule has 4 aromatic rings. The minimum absolute atomic E-state index is 0.0305.